The number of hydrazine groups is 1. The molecule has 0 amide bonds. The zero-order chi connectivity index (χ0) is 12.5. The molecule has 0 aliphatic heterocycles. The molecule has 0 spiro atoms. The summed E-state index contributed by atoms with van der Waals surface area (Å²) in [6.07, 6.45) is 6.57. The third-order valence-electron chi connectivity index (χ3n) is 5.16. The van der Waals surface area contributed by atoms with Crippen LogP contribution in [0.3, 0.4) is 0 Å². The maximum absolute atomic E-state index is 5.81. The smallest absolute Gasteiger partial charge is 0.0247 e. The Morgan fingerprint density at radius 2 is 2.17 bits per heavy atom. The van der Waals surface area contributed by atoms with Crippen LogP contribution in [0.1, 0.15) is 49.7 Å². The van der Waals surface area contributed by atoms with Crippen LogP contribution in [-0.2, 0) is 6.42 Å². The first-order valence-corrected chi connectivity index (χ1v) is 7.33. The van der Waals surface area contributed by atoms with Crippen LogP contribution in [0, 0.1) is 11.8 Å². The highest BCUT2D eigenvalue weighted by Gasteiger charge is 2.34. The number of rotatable bonds is 4. The number of hydrogen-bond acceptors (Lipinski definition) is 2. The van der Waals surface area contributed by atoms with Crippen molar-refractivity contribution in [2.24, 2.45) is 17.7 Å². The van der Waals surface area contributed by atoms with Gasteiger partial charge in [0, 0.05) is 6.04 Å². The molecule has 0 radical (unpaired) electrons. The average molecular weight is 244 g/mol. The van der Waals surface area contributed by atoms with Crippen LogP contribution in [0.5, 0.6) is 0 Å². The van der Waals surface area contributed by atoms with Crippen molar-refractivity contribution < 1.29 is 0 Å². The molecule has 4 unspecified atom stereocenters. The third kappa shape index (κ3) is 2.08. The van der Waals surface area contributed by atoms with Gasteiger partial charge in [-0.25, -0.2) is 0 Å². The van der Waals surface area contributed by atoms with Gasteiger partial charge in [-0.15, -0.1) is 0 Å². The van der Waals surface area contributed by atoms with Gasteiger partial charge in [0.05, 0.1) is 0 Å². The first kappa shape index (κ1) is 12.2. The average Bonchev–Trinajstić information content (AvgIpc) is 2.77. The fraction of sp³-hybridized carbons (Fsp3) is 0.625. The standard InChI is InChI=1S/C16H24N2/c1-11-5-4-8-14(11)16(18-17)10-13-9-12-6-2-3-7-15(12)13/h2-3,6-7,11,13-14,16,18H,4-5,8-10,17H2,1H3. The number of nitrogens with one attached hydrogen (secondary N) is 1. The van der Waals surface area contributed by atoms with Crippen LogP contribution < -0.4 is 11.3 Å². The Morgan fingerprint density at radius 3 is 2.83 bits per heavy atom. The molecule has 2 heteroatoms. The van der Waals surface area contributed by atoms with E-state index in [0.29, 0.717) is 6.04 Å². The molecule has 0 aromatic heterocycles. The van der Waals surface area contributed by atoms with Crippen molar-refractivity contribution in [3.8, 4) is 0 Å². The quantitative estimate of drug-likeness (QED) is 0.631. The Kier molecular flexibility index (Phi) is 3.40. The number of hydrogen-bond donors (Lipinski definition) is 2. The van der Waals surface area contributed by atoms with Gasteiger partial charge < -0.3 is 0 Å². The van der Waals surface area contributed by atoms with Crippen LogP contribution in [0.4, 0.5) is 0 Å². The van der Waals surface area contributed by atoms with Crippen molar-refractivity contribution in [2.75, 3.05) is 0 Å². The van der Waals surface area contributed by atoms with E-state index in [1.807, 2.05) is 0 Å². The first-order chi connectivity index (χ1) is 8.79. The highest BCUT2D eigenvalue weighted by Crippen LogP contribution is 2.42. The summed E-state index contributed by atoms with van der Waals surface area (Å²) in [7, 11) is 0. The lowest BCUT2D eigenvalue weighted by Gasteiger charge is -2.35. The fourth-order valence-corrected chi connectivity index (χ4v) is 4.02. The minimum absolute atomic E-state index is 0.501. The second-order valence-electron chi connectivity index (χ2n) is 6.18. The van der Waals surface area contributed by atoms with E-state index >= 15 is 0 Å². The molecule has 98 valence electrons. The number of benzene rings is 1. The van der Waals surface area contributed by atoms with Gasteiger partial charge in [-0.3, -0.25) is 11.3 Å². The number of nitrogens with two attached hydrogens (primary N) is 1. The minimum atomic E-state index is 0.501. The largest absolute Gasteiger partial charge is 0.271 e. The third-order valence-corrected chi connectivity index (χ3v) is 5.16. The molecule has 1 aromatic rings. The lowest BCUT2D eigenvalue weighted by molar-refractivity contribution is 0.266. The second-order valence-corrected chi connectivity index (χ2v) is 6.18. The molecule has 1 fully saturated rings. The Morgan fingerprint density at radius 1 is 1.33 bits per heavy atom. The van der Waals surface area contributed by atoms with Crippen LogP contribution in [0.2, 0.25) is 0 Å². The molecule has 4 atom stereocenters. The Hall–Kier alpha value is -0.860. The van der Waals surface area contributed by atoms with Gasteiger partial charge in [-0.2, -0.15) is 0 Å². The molecular formula is C16H24N2. The molecular weight excluding hydrogens is 220 g/mol. The molecule has 2 nitrogen and oxygen atoms in total. The van der Waals surface area contributed by atoms with E-state index < -0.39 is 0 Å². The van der Waals surface area contributed by atoms with E-state index in [1.54, 1.807) is 5.56 Å². The van der Waals surface area contributed by atoms with Crippen LogP contribution >= 0.6 is 0 Å². The zero-order valence-electron chi connectivity index (χ0n) is 11.2. The van der Waals surface area contributed by atoms with Gasteiger partial charge in [0.1, 0.15) is 0 Å². The van der Waals surface area contributed by atoms with Gasteiger partial charge in [0.25, 0.3) is 0 Å². The summed E-state index contributed by atoms with van der Waals surface area (Å²) in [6.45, 7) is 2.39. The Labute approximate surface area is 110 Å². The zero-order valence-corrected chi connectivity index (χ0v) is 11.2. The van der Waals surface area contributed by atoms with E-state index in [0.717, 1.165) is 17.8 Å². The number of fused-ring (bicyclic) bond motifs is 1. The van der Waals surface area contributed by atoms with Crippen LogP contribution in [0.25, 0.3) is 0 Å². The summed E-state index contributed by atoms with van der Waals surface area (Å²) in [6, 6.07) is 9.35. The summed E-state index contributed by atoms with van der Waals surface area (Å²) in [5.41, 5.74) is 6.20. The molecule has 3 N–H and O–H groups in total. The van der Waals surface area contributed by atoms with E-state index in [2.05, 4.69) is 36.6 Å². The second kappa shape index (κ2) is 5.02. The predicted molar refractivity (Wildman–Crippen MR) is 75.1 cm³/mol. The Balaban J connectivity index is 1.66. The van der Waals surface area contributed by atoms with E-state index in [-0.39, 0.29) is 0 Å². The molecule has 1 aromatic carbocycles. The molecule has 2 aliphatic rings. The summed E-state index contributed by atoms with van der Waals surface area (Å²) in [5.74, 6) is 8.16. The summed E-state index contributed by atoms with van der Waals surface area (Å²) >= 11 is 0. The van der Waals surface area contributed by atoms with E-state index in [9.17, 15) is 0 Å². The van der Waals surface area contributed by atoms with E-state index in [4.69, 9.17) is 5.84 Å². The van der Waals surface area contributed by atoms with Gasteiger partial charge >= 0.3 is 0 Å². The van der Waals surface area contributed by atoms with Crippen molar-refractivity contribution in [1.82, 2.24) is 5.43 Å². The molecule has 2 aliphatic carbocycles. The lowest BCUT2D eigenvalue weighted by atomic mass is 9.72. The monoisotopic (exact) mass is 244 g/mol. The van der Waals surface area contributed by atoms with Crippen molar-refractivity contribution in [2.45, 2.75) is 51.0 Å². The SMILES string of the molecule is CC1CCCC1C(CC1Cc2ccccc21)NN. The first-order valence-electron chi connectivity index (χ1n) is 7.33. The van der Waals surface area contributed by atoms with Crippen molar-refractivity contribution in [1.29, 1.82) is 0 Å². The predicted octanol–water partition coefficient (Wildman–Crippen LogP) is 2.98. The van der Waals surface area contributed by atoms with Gasteiger partial charge in [0.15, 0.2) is 0 Å². The molecule has 0 saturated heterocycles. The molecule has 3 rings (SSSR count). The Bertz CT molecular complexity index is 415. The van der Waals surface area contributed by atoms with Crippen molar-refractivity contribution in [3.05, 3.63) is 35.4 Å². The summed E-state index contributed by atoms with van der Waals surface area (Å²) in [5, 5.41) is 0. The topological polar surface area (TPSA) is 38.0 Å². The van der Waals surface area contributed by atoms with Gasteiger partial charge in [-0.1, -0.05) is 44.0 Å². The van der Waals surface area contributed by atoms with Crippen molar-refractivity contribution >= 4 is 0 Å². The molecule has 18 heavy (non-hydrogen) atoms. The van der Waals surface area contributed by atoms with E-state index in [1.165, 1.54) is 37.7 Å². The summed E-state index contributed by atoms with van der Waals surface area (Å²) in [4.78, 5) is 0. The van der Waals surface area contributed by atoms with Crippen molar-refractivity contribution in [3.63, 3.8) is 0 Å². The molecule has 0 bridgehead atoms. The van der Waals surface area contributed by atoms with Crippen LogP contribution in [-0.4, -0.2) is 6.04 Å². The van der Waals surface area contributed by atoms with Gasteiger partial charge in [0.2, 0.25) is 0 Å². The highest BCUT2D eigenvalue weighted by molar-refractivity contribution is 5.39. The van der Waals surface area contributed by atoms with Crippen LogP contribution in [0.15, 0.2) is 24.3 Å². The molecule has 1 saturated carbocycles. The lowest BCUT2D eigenvalue weighted by Crippen LogP contribution is -2.43. The summed E-state index contributed by atoms with van der Waals surface area (Å²) < 4.78 is 0. The maximum atomic E-state index is 5.81. The minimum Gasteiger partial charge on any atom is -0.271 e. The normalized spacial score (nSPS) is 31.8. The fourth-order valence-electron chi connectivity index (χ4n) is 4.02. The highest BCUT2D eigenvalue weighted by atomic mass is 15.2. The van der Waals surface area contributed by atoms with Gasteiger partial charge in [-0.05, 0) is 48.1 Å². The molecule has 0 heterocycles. The maximum Gasteiger partial charge on any atom is 0.0247 e.